The summed E-state index contributed by atoms with van der Waals surface area (Å²) in [5.74, 6) is 0.159. The fraction of sp³-hybridized carbons (Fsp3) is 0.700. The third-order valence-electron chi connectivity index (χ3n) is 2.38. The average molecular weight is 170 g/mol. The molecule has 0 amide bonds. The van der Waals surface area contributed by atoms with Crippen molar-refractivity contribution < 1.29 is 9.90 Å². The first kappa shape index (κ1) is 11.2. The van der Waals surface area contributed by atoms with Gasteiger partial charge < -0.3 is 5.11 Å². The van der Waals surface area contributed by atoms with Gasteiger partial charge in [0.15, 0.2) is 5.78 Å². The maximum absolute atomic E-state index is 11.6. The number of carbonyl (C=O) groups excluding carboxylic acids is 1. The van der Waals surface area contributed by atoms with E-state index in [0.29, 0.717) is 5.57 Å². The molecule has 0 heterocycles. The van der Waals surface area contributed by atoms with Gasteiger partial charge in [-0.15, -0.1) is 0 Å². The summed E-state index contributed by atoms with van der Waals surface area (Å²) in [6.07, 6.45) is 0.788. The van der Waals surface area contributed by atoms with Crippen molar-refractivity contribution in [3.05, 3.63) is 11.3 Å². The third-order valence-corrected chi connectivity index (χ3v) is 2.38. The molecule has 0 spiro atoms. The number of ketones is 1. The molecule has 0 aromatic rings. The van der Waals surface area contributed by atoms with Crippen molar-refractivity contribution in [2.24, 2.45) is 5.41 Å². The van der Waals surface area contributed by atoms with Gasteiger partial charge >= 0.3 is 0 Å². The summed E-state index contributed by atoms with van der Waals surface area (Å²) in [4.78, 5) is 11.6. The fourth-order valence-corrected chi connectivity index (χ4v) is 0.832. The second-order valence-electron chi connectivity index (χ2n) is 3.78. The van der Waals surface area contributed by atoms with E-state index < -0.39 is 0 Å². The van der Waals surface area contributed by atoms with E-state index in [9.17, 15) is 4.79 Å². The number of aliphatic hydroxyl groups is 1. The summed E-state index contributed by atoms with van der Waals surface area (Å²) in [6, 6.07) is 0. The molecule has 0 radical (unpaired) electrons. The topological polar surface area (TPSA) is 37.3 Å². The number of Topliss-reactive ketones (excluding diaryl/α,β-unsaturated/α-hetero) is 1. The smallest absolute Gasteiger partial charge is 0.167 e. The predicted octanol–water partition coefficient (Wildman–Crippen LogP) is 2.84. The molecular formula is C10H18O2. The van der Waals surface area contributed by atoms with Gasteiger partial charge in [-0.05, 0) is 20.3 Å². The highest BCUT2D eigenvalue weighted by Crippen LogP contribution is 2.25. The third kappa shape index (κ3) is 2.36. The van der Waals surface area contributed by atoms with Crippen LogP contribution in [0.1, 0.15) is 41.0 Å². The number of carbonyl (C=O) groups is 1. The minimum atomic E-state index is -0.353. The molecule has 0 aromatic carbocycles. The Morgan fingerprint density at radius 1 is 1.33 bits per heavy atom. The summed E-state index contributed by atoms with van der Waals surface area (Å²) in [7, 11) is 0. The van der Waals surface area contributed by atoms with E-state index in [1.54, 1.807) is 13.8 Å². The van der Waals surface area contributed by atoms with E-state index in [-0.39, 0.29) is 17.0 Å². The Bertz CT molecular complexity index is 208. The van der Waals surface area contributed by atoms with Crippen molar-refractivity contribution in [3.63, 3.8) is 0 Å². The SMILES string of the molecule is CCC(C)(C)C(=O)/C(C)=C(\C)O. The van der Waals surface area contributed by atoms with Crippen LogP contribution in [0.25, 0.3) is 0 Å². The van der Waals surface area contributed by atoms with Crippen LogP contribution in [-0.4, -0.2) is 10.9 Å². The maximum atomic E-state index is 11.6. The molecule has 0 bridgehead atoms. The highest BCUT2D eigenvalue weighted by atomic mass is 16.3. The van der Waals surface area contributed by atoms with Crippen LogP contribution in [0, 0.1) is 5.41 Å². The molecule has 0 aliphatic heterocycles. The lowest BCUT2D eigenvalue weighted by molar-refractivity contribution is -0.123. The Morgan fingerprint density at radius 2 is 1.75 bits per heavy atom. The molecule has 0 aliphatic rings. The van der Waals surface area contributed by atoms with Crippen LogP contribution in [0.4, 0.5) is 0 Å². The van der Waals surface area contributed by atoms with Crippen molar-refractivity contribution in [1.82, 2.24) is 0 Å². The van der Waals surface area contributed by atoms with Crippen LogP contribution in [0.15, 0.2) is 11.3 Å². The lowest BCUT2D eigenvalue weighted by atomic mass is 9.82. The van der Waals surface area contributed by atoms with Crippen molar-refractivity contribution in [3.8, 4) is 0 Å². The zero-order chi connectivity index (χ0) is 9.94. The van der Waals surface area contributed by atoms with E-state index in [1.807, 2.05) is 20.8 Å². The Balaban J connectivity index is 4.74. The van der Waals surface area contributed by atoms with Gasteiger partial charge in [0, 0.05) is 11.0 Å². The van der Waals surface area contributed by atoms with Crippen LogP contribution in [0.5, 0.6) is 0 Å². The number of rotatable bonds is 3. The first-order chi connectivity index (χ1) is 5.33. The van der Waals surface area contributed by atoms with Gasteiger partial charge in [-0.25, -0.2) is 0 Å². The predicted molar refractivity (Wildman–Crippen MR) is 50.1 cm³/mol. The molecule has 0 aliphatic carbocycles. The lowest BCUT2D eigenvalue weighted by Crippen LogP contribution is -2.24. The molecular weight excluding hydrogens is 152 g/mol. The van der Waals surface area contributed by atoms with E-state index in [1.165, 1.54) is 0 Å². The van der Waals surface area contributed by atoms with Gasteiger partial charge in [-0.2, -0.15) is 0 Å². The van der Waals surface area contributed by atoms with Crippen molar-refractivity contribution in [2.75, 3.05) is 0 Å². The average Bonchev–Trinajstić information content (AvgIpc) is 2.01. The highest BCUT2D eigenvalue weighted by Gasteiger charge is 2.27. The standard InChI is InChI=1S/C10H18O2/c1-6-10(4,5)9(12)7(2)8(3)11/h11H,6H2,1-5H3/b8-7+. The summed E-state index contributed by atoms with van der Waals surface area (Å²) in [5, 5.41) is 9.11. The molecule has 0 saturated carbocycles. The molecule has 0 saturated heterocycles. The number of aliphatic hydroxyl groups excluding tert-OH is 1. The minimum Gasteiger partial charge on any atom is -0.512 e. The summed E-state index contributed by atoms with van der Waals surface area (Å²) < 4.78 is 0. The molecule has 0 fully saturated rings. The Kier molecular flexibility index (Phi) is 3.50. The second-order valence-corrected chi connectivity index (χ2v) is 3.78. The molecule has 0 aromatic heterocycles. The maximum Gasteiger partial charge on any atom is 0.167 e. The minimum absolute atomic E-state index is 0.0324. The summed E-state index contributed by atoms with van der Waals surface area (Å²) in [5.41, 5.74) is 0.121. The van der Waals surface area contributed by atoms with E-state index in [4.69, 9.17) is 5.11 Å². The summed E-state index contributed by atoms with van der Waals surface area (Å²) in [6.45, 7) is 8.95. The second kappa shape index (κ2) is 3.74. The molecule has 70 valence electrons. The lowest BCUT2D eigenvalue weighted by Gasteiger charge is -2.21. The zero-order valence-electron chi connectivity index (χ0n) is 8.56. The highest BCUT2D eigenvalue weighted by molar-refractivity contribution is 5.99. The quantitative estimate of drug-likeness (QED) is 0.522. The first-order valence-electron chi connectivity index (χ1n) is 4.24. The van der Waals surface area contributed by atoms with E-state index in [2.05, 4.69) is 0 Å². The monoisotopic (exact) mass is 170 g/mol. The summed E-state index contributed by atoms with van der Waals surface area (Å²) >= 11 is 0. The largest absolute Gasteiger partial charge is 0.512 e. The molecule has 0 atom stereocenters. The molecule has 0 unspecified atom stereocenters. The zero-order valence-corrected chi connectivity index (χ0v) is 8.56. The number of allylic oxidation sites excluding steroid dienone is 2. The van der Waals surface area contributed by atoms with E-state index >= 15 is 0 Å². The van der Waals surface area contributed by atoms with Gasteiger partial charge in [-0.3, -0.25) is 4.79 Å². The van der Waals surface area contributed by atoms with Gasteiger partial charge in [0.25, 0.3) is 0 Å². The van der Waals surface area contributed by atoms with Crippen molar-refractivity contribution in [2.45, 2.75) is 41.0 Å². The van der Waals surface area contributed by atoms with Crippen LogP contribution in [0.2, 0.25) is 0 Å². The van der Waals surface area contributed by atoms with Gasteiger partial charge in [0.1, 0.15) is 0 Å². The Labute approximate surface area is 74.3 Å². The molecule has 2 heteroatoms. The molecule has 0 rings (SSSR count). The van der Waals surface area contributed by atoms with Crippen molar-refractivity contribution >= 4 is 5.78 Å². The molecule has 12 heavy (non-hydrogen) atoms. The fourth-order valence-electron chi connectivity index (χ4n) is 0.832. The number of hydrogen-bond donors (Lipinski definition) is 1. The van der Waals surface area contributed by atoms with Crippen LogP contribution >= 0.6 is 0 Å². The molecule has 1 N–H and O–H groups in total. The van der Waals surface area contributed by atoms with Gasteiger partial charge in [0.2, 0.25) is 0 Å². The van der Waals surface area contributed by atoms with Crippen LogP contribution in [-0.2, 0) is 4.79 Å². The van der Waals surface area contributed by atoms with Crippen LogP contribution in [0.3, 0.4) is 0 Å². The van der Waals surface area contributed by atoms with Crippen LogP contribution < -0.4 is 0 Å². The Morgan fingerprint density at radius 3 is 2.00 bits per heavy atom. The first-order valence-corrected chi connectivity index (χ1v) is 4.24. The van der Waals surface area contributed by atoms with E-state index in [0.717, 1.165) is 6.42 Å². The number of hydrogen-bond acceptors (Lipinski definition) is 2. The Hall–Kier alpha value is -0.790. The van der Waals surface area contributed by atoms with Gasteiger partial charge in [0.05, 0.1) is 5.76 Å². The van der Waals surface area contributed by atoms with Crippen molar-refractivity contribution in [1.29, 1.82) is 0 Å². The molecule has 2 nitrogen and oxygen atoms in total. The van der Waals surface area contributed by atoms with Gasteiger partial charge in [-0.1, -0.05) is 20.8 Å². The normalized spacial score (nSPS) is 14.1.